The number of imide groups is 1. The van der Waals surface area contributed by atoms with Gasteiger partial charge in [-0.1, -0.05) is 32.6 Å². The van der Waals surface area contributed by atoms with Crippen molar-refractivity contribution < 1.29 is 14.5 Å². The van der Waals surface area contributed by atoms with Gasteiger partial charge in [-0.25, -0.2) is 0 Å². The van der Waals surface area contributed by atoms with Crippen LogP contribution in [0.25, 0.3) is 0 Å². The molecule has 120 valence electrons. The first kappa shape index (κ1) is 17.7. The number of pyridine rings is 1. The summed E-state index contributed by atoms with van der Waals surface area (Å²) in [4.78, 5) is 37.3. The predicted molar refractivity (Wildman–Crippen MR) is 81.5 cm³/mol. The number of nitrogens with one attached hydrogen (secondary N) is 1. The molecule has 0 atom stereocenters. The monoisotopic (exact) mass is 307 g/mol. The largest absolute Gasteiger partial charge is 0.363 e. The van der Waals surface area contributed by atoms with Crippen LogP contribution in [-0.4, -0.2) is 21.7 Å². The first-order chi connectivity index (χ1) is 10.5. The quantitative estimate of drug-likeness (QED) is 0.452. The minimum absolute atomic E-state index is 0.171. The number of carbonyl (C=O) groups excluding carboxylic acids is 2. The fourth-order valence-electron chi connectivity index (χ4n) is 2.04. The van der Waals surface area contributed by atoms with Crippen molar-refractivity contribution in [3.05, 3.63) is 33.5 Å². The number of carbonyl (C=O) groups is 2. The van der Waals surface area contributed by atoms with E-state index in [1.165, 1.54) is 13.0 Å². The third-order valence-corrected chi connectivity index (χ3v) is 3.26. The van der Waals surface area contributed by atoms with Crippen LogP contribution in [-0.2, 0) is 4.79 Å². The summed E-state index contributed by atoms with van der Waals surface area (Å²) in [6.07, 6.45) is 5.38. The Kier molecular flexibility index (Phi) is 7.15. The molecule has 0 bridgehead atoms. The Hall–Kier alpha value is -2.31. The maximum Gasteiger partial charge on any atom is 0.363 e. The molecule has 7 heteroatoms. The molecule has 0 radical (unpaired) electrons. The molecule has 0 fully saturated rings. The lowest BCUT2D eigenvalue weighted by Crippen LogP contribution is -2.30. The van der Waals surface area contributed by atoms with Crippen LogP contribution in [0.3, 0.4) is 0 Å². The van der Waals surface area contributed by atoms with Gasteiger partial charge in [-0.3, -0.25) is 14.9 Å². The van der Waals surface area contributed by atoms with Crippen LogP contribution in [0.5, 0.6) is 0 Å². The van der Waals surface area contributed by atoms with Crippen molar-refractivity contribution in [1.82, 2.24) is 10.3 Å². The van der Waals surface area contributed by atoms with Crippen LogP contribution in [0, 0.1) is 17.0 Å². The Morgan fingerprint density at radius 2 is 1.91 bits per heavy atom. The van der Waals surface area contributed by atoms with Gasteiger partial charge in [0.1, 0.15) is 0 Å². The van der Waals surface area contributed by atoms with Gasteiger partial charge in [-0.05, 0) is 22.4 Å². The van der Waals surface area contributed by atoms with E-state index in [0.717, 1.165) is 38.2 Å². The van der Waals surface area contributed by atoms with Crippen LogP contribution >= 0.6 is 0 Å². The Morgan fingerprint density at radius 3 is 2.50 bits per heavy atom. The minimum Gasteiger partial charge on any atom is -0.358 e. The second-order valence-electron chi connectivity index (χ2n) is 5.10. The van der Waals surface area contributed by atoms with Crippen molar-refractivity contribution in [2.24, 2.45) is 0 Å². The van der Waals surface area contributed by atoms with Gasteiger partial charge in [0.05, 0.1) is 5.56 Å². The van der Waals surface area contributed by atoms with E-state index >= 15 is 0 Å². The number of nitro groups is 1. The lowest BCUT2D eigenvalue weighted by atomic mass is 10.1. The smallest absolute Gasteiger partial charge is 0.358 e. The van der Waals surface area contributed by atoms with Crippen LogP contribution < -0.4 is 5.32 Å². The molecule has 0 unspecified atom stereocenters. The number of rotatable bonds is 8. The van der Waals surface area contributed by atoms with Crippen molar-refractivity contribution in [3.8, 4) is 0 Å². The van der Waals surface area contributed by atoms with Gasteiger partial charge in [-0.2, -0.15) is 0 Å². The first-order valence-corrected chi connectivity index (χ1v) is 7.42. The van der Waals surface area contributed by atoms with Crippen molar-refractivity contribution >= 4 is 17.6 Å². The number of amides is 2. The maximum absolute atomic E-state index is 12.0. The molecule has 1 aromatic heterocycles. The van der Waals surface area contributed by atoms with E-state index < -0.39 is 10.8 Å². The number of hydrogen-bond donors (Lipinski definition) is 1. The highest BCUT2D eigenvalue weighted by atomic mass is 16.6. The molecular formula is C15H21N3O4. The molecule has 22 heavy (non-hydrogen) atoms. The summed E-state index contributed by atoms with van der Waals surface area (Å²) < 4.78 is 0. The molecule has 1 rings (SSSR count). The molecule has 1 N–H and O–H groups in total. The third-order valence-electron chi connectivity index (χ3n) is 3.26. The fraction of sp³-hybridized carbons (Fsp3) is 0.533. The number of unbranched alkanes of at least 4 members (excludes halogenated alkanes) is 4. The second-order valence-corrected chi connectivity index (χ2v) is 5.10. The lowest BCUT2D eigenvalue weighted by molar-refractivity contribution is -0.389. The van der Waals surface area contributed by atoms with Gasteiger partial charge in [-0.15, -0.1) is 0 Å². The molecule has 0 aromatic carbocycles. The molecule has 0 aliphatic heterocycles. The zero-order valence-corrected chi connectivity index (χ0v) is 12.9. The molecule has 0 saturated heterocycles. The Balaban J connectivity index is 2.51. The Morgan fingerprint density at radius 1 is 1.23 bits per heavy atom. The number of nitrogens with zero attached hydrogens (tertiary/aromatic N) is 2. The third kappa shape index (κ3) is 5.59. The predicted octanol–water partition coefficient (Wildman–Crippen LogP) is 2.92. The molecule has 0 aliphatic rings. The Labute approximate surface area is 129 Å². The average Bonchev–Trinajstić information content (AvgIpc) is 2.46. The summed E-state index contributed by atoms with van der Waals surface area (Å²) in [5.41, 5.74) is 0.396. The second kappa shape index (κ2) is 8.86. The topological polar surface area (TPSA) is 102 Å². The van der Waals surface area contributed by atoms with Crippen molar-refractivity contribution in [1.29, 1.82) is 0 Å². The maximum atomic E-state index is 12.0. The molecule has 1 heterocycles. The zero-order chi connectivity index (χ0) is 16.5. The van der Waals surface area contributed by atoms with Crippen LogP contribution in [0.1, 0.15) is 61.5 Å². The van der Waals surface area contributed by atoms with Gasteiger partial charge >= 0.3 is 5.82 Å². The van der Waals surface area contributed by atoms with Gasteiger partial charge < -0.3 is 10.1 Å². The van der Waals surface area contributed by atoms with E-state index in [2.05, 4.69) is 17.2 Å². The molecule has 1 aromatic rings. The number of aromatic nitrogens is 1. The van der Waals surface area contributed by atoms with E-state index in [9.17, 15) is 19.7 Å². The van der Waals surface area contributed by atoms with Crippen molar-refractivity contribution in [3.63, 3.8) is 0 Å². The summed E-state index contributed by atoms with van der Waals surface area (Å²) in [7, 11) is 0. The first-order valence-electron chi connectivity index (χ1n) is 7.42. The fourth-order valence-corrected chi connectivity index (χ4v) is 2.04. The van der Waals surface area contributed by atoms with Crippen molar-refractivity contribution in [2.45, 2.75) is 52.4 Å². The molecule has 0 aliphatic carbocycles. The van der Waals surface area contributed by atoms with E-state index in [0.29, 0.717) is 6.42 Å². The van der Waals surface area contributed by atoms with E-state index in [1.807, 2.05) is 0 Å². The highest BCUT2D eigenvalue weighted by molar-refractivity contribution is 6.05. The average molecular weight is 307 g/mol. The van der Waals surface area contributed by atoms with Gasteiger partial charge in [0.2, 0.25) is 5.91 Å². The molecule has 0 saturated carbocycles. The van der Waals surface area contributed by atoms with Crippen LogP contribution in [0.15, 0.2) is 12.1 Å². The standard InChI is InChI=1S/C15H21N3O4/c1-3-4-5-6-7-8-14(19)17-15(20)12-9-10-13(18(21)22)16-11(12)2/h9-10H,3-8H2,1-2H3,(H,17,19,20). The summed E-state index contributed by atoms with van der Waals surface area (Å²) in [5, 5.41) is 12.9. The SMILES string of the molecule is CCCCCCCC(=O)NC(=O)c1ccc([N+](=O)[O-])nc1C. The number of aryl methyl sites for hydroxylation is 1. The van der Waals surface area contributed by atoms with Crippen LogP contribution in [0.2, 0.25) is 0 Å². The summed E-state index contributed by atoms with van der Waals surface area (Å²) in [6, 6.07) is 2.46. The van der Waals surface area contributed by atoms with Crippen molar-refractivity contribution in [2.75, 3.05) is 0 Å². The summed E-state index contributed by atoms with van der Waals surface area (Å²) in [6.45, 7) is 3.61. The van der Waals surface area contributed by atoms with Gasteiger partial charge in [0.15, 0.2) is 5.69 Å². The Bertz CT molecular complexity index is 558. The highest BCUT2D eigenvalue weighted by Gasteiger charge is 2.18. The molecular weight excluding hydrogens is 286 g/mol. The molecule has 2 amide bonds. The van der Waals surface area contributed by atoms with Crippen LogP contribution in [0.4, 0.5) is 5.82 Å². The zero-order valence-electron chi connectivity index (χ0n) is 12.9. The van der Waals surface area contributed by atoms with Gasteiger partial charge in [0, 0.05) is 19.4 Å². The van der Waals surface area contributed by atoms with E-state index in [1.54, 1.807) is 0 Å². The lowest BCUT2D eigenvalue weighted by Gasteiger charge is -2.05. The number of hydrogen-bond acceptors (Lipinski definition) is 5. The normalized spacial score (nSPS) is 10.3. The molecule has 7 nitrogen and oxygen atoms in total. The molecule has 0 spiro atoms. The van der Waals surface area contributed by atoms with E-state index in [-0.39, 0.29) is 23.0 Å². The summed E-state index contributed by atoms with van der Waals surface area (Å²) in [5.74, 6) is -1.23. The minimum atomic E-state index is -0.629. The summed E-state index contributed by atoms with van der Waals surface area (Å²) >= 11 is 0. The van der Waals surface area contributed by atoms with E-state index in [4.69, 9.17) is 0 Å². The highest BCUT2D eigenvalue weighted by Crippen LogP contribution is 2.12. The van der Waals surface area contributed by atoms with Gasteiger partial charge in [0.25, 0.3) is 5.91 Å².